The number of hydrogen-bond acceptors (Lipinski definition) is 2. The minimum atomic E-state index is -2.11. The van der Waals surface area contributed by atoms with E-state index in [2.05, 4.69) is 231 Å². The lowest BCUT2D eigenvalue weighted by atomic mass is 9.91. The van der Waals surface area contributed by atoms with Gasteiger partial charge in [-0.25, -0.2) is 0 Å². The van der Waals surface area contributed by atoms with Gasteiger partial charge in [0.25, 0.3) is 0 Å². The number of fused-ring (bicyclic) bond motifs is 2. The first-order chi connectivity index (χ1) is 26.7. The van der Waals surface area contributed by atoms with E-state index in [-0.39, 0.29) is 0 Å². The van der Waals surface area contributed by atoms with Crippen LogP contribution in [0.3, 0.4) is 0 Å². The maximum atomic E-state index is 2.53. The van der Waals surface area contributed by atoms with E-state index >= 15 is 0 Å². The molecule has 8 aromatic rings. The third-order valence-electron chi connectivity index (χ3n) is 11.4. The first-order valence-corrected chi connectivity index (χ1v) is 25.9. The highest BCUT2D eigenvalue weighted by Gasteiger charge is 2.36. The number of rotatable bonds is 8. The third kappa shape index (κ3) is 6.22. The van der Waals surface area contributed by atoms with E-state index in [0.717, 1.165) is 22.7 Å². The van der Waals surface area contributed by atoms with Gasteiger partial charge in [0, 0.05) is 34.1 Å². The molecule has 0 amide bonds. The average molecular weight is 743 g/mol. The summed E-state index contributed by atoms with van der Waals surface area (Å²) in [5.41, 5.74) is 12.2. The number of nitrogens with zero attached hydrogens (tertiary/aromatic N) is 2. The summed E-state index contributed by atoms with van der Waals surface area (Å²) in [6.45, 7) is 12.3. The summed E-state index contributed by atoms with van der Waals surface area (Å²) >= 11 is 0. The van der Waals surface area contributed by atoms with Crippen LogP contribution in [0, 0.1) is 0 Å². The lowest BCUT2D eigenvalue weighted by Gasteiger charge is -2.35. The minimum absolute atomic E-state index is 1.15. The first kappa shape index (κ1) is 34.8. The van der Waals surface area contributed by atoms with E-state index in [1.54, 1.807) is 0 Å². The van der Waals surface area contributed by atoms with Gasteiger partial charge in [-0.1, -0.05) is 153 Å². The smallest absolute Gasteiger partial charge is 0.113 e. The minimum Gasteiger partial charge on any atom is -0.311 e. The van der Waals surface area contributed by atoms with Crippen molar-refractivity contribution in [1.29, 1.82) is 0 Å². The molecule has 0 unspecified atom stereocenters. The quantitative estimate of drug-likeness (QED) is 0.143. The Labute approximate surface area is 328 Å². The zero-order chi connectivity index (χ0) is 37.7. The van der Waals surface area contributed by atoms with Crippen LogP contribution in [-0.2, 0) is 0 Å². The van der Waals surface area contributed by atoms with Crippen LogP contribution in [0.2, 0.25) is 32.7 Å². The van der Waals surface area contributed by atoms with E-state index < -0.39 is 16.1 Å². The second kappa shape index (κ2) is 13.7. The predicted octanol–water partition coefficient (Wildman–Crippen LogP) is 12.8. The van der Waals surface area contributed by atoms with E-state index in [1.165, 1.54) is 60.0 Å². The number of para-hydroxylation sites is 3. The molecule has 0 aromatic heterocycles. The van der Waals surface area contributed by atoms with Crippen molar-refractivity contribution < 1.29 is 0 Å². The van der Waals surface area contributed by atoms with E-state index in [1.807, 2.05) is 0 Å². The van der Waals surface area contributed by atoms with Gasteiger partial charge in [-0.05, 0) is 116 Å². The molecule has 1 heterocycles. The summed E-state index contributed by atoms with van der Waals surface area (Å²) in [6.07, 6.45) is 0. The summed E-state index contributed by atoms with van der Waals surface area (Å²) in [5, 5.41) is 7.20. The molecule has 0 spiro atoms. The Hall–Kier alpha value is -5.95. The highest BCUT2D eigenvalue weighted by Crippen LogP contribution is 2.42. The van der Waals surface area contributed by atoms with Gasteiger partial charge in [0.15, 0.2) is 0 Å². The second-order valence-corrected chi connectivity index (χ2v) is 25.7. The van der Waals surface area contributed by atoms with Crippen LogP contribution < -0.4 is 25.4 Å². The summed E-state index contributed by atoms with van der Waals surface area (Å²) < 4.78 is 0. The van der Waals surface area contributed by atoms with Crippen LogP contribution in [0.15, 0.2) is 188 Å². The topological polar surface area (TPSA) is 6.48 Å². The first-order valence-electron chi connectivity index (χ1n) is 19.4. The normalized spacial score (nSPS) is 13.0. The van der Waals surface area contributed by atoms with Gasteiger partial charge in [-0.15, -0.1) is 0 Å². The summed E-state index contributed by atoms with van der Waals surface area (Å²) in [6, 6.07) is 69.5. The third-order valence-corrected chi connectivity index (χ3v) is 17.0. The van der Waals surface area contributed by atoms with Gasteiger partial charge in [0.1, 0.15) is 8.07 Å². The Kier molecular flexibility index (Phi) is 8.68. The lowest BCUT2D eigenvalue weighted by Crippen LogP contribution is -2.56. The fourth-order valence-corrected chi connectivity index (χ4v) is 12.8. The predicted molar refractivity (Wildman–Crippen MR) is 244 cm³/mol. The molecule has 0 bridgehead atoms. The van der Waals surface area contributed by atoms with E-state index in [9.17, 15) is 0 Å². The van der Waals surface area contributed by atoms with Crippen LogP contribution in [0.1, 0.15) is 0 Å². The van der Waals surface area contributed by atoms with Gasteiger partial charge in [-0.2, -0.15) is 0 Å². The molecule has 9 rings (SSSR count). The van der Waals surface area contributed by atoms with Crippen LogP contribution >= 0.6 is 0 Å². The molecule has 0 fully saturated rings. The number of hydrogen-bond donors (Lipinski definition) is 0. The molecule has 268 valence electrons. The average Bonchev–Trinajstić information content (AvgIpc) is 3.21. The summed E-state index contributed by atoms with van der Waals surface area (Å²) in [5.74, 6) is 0. The molecular weight excluding hydrogens is 697 g/mol. The highest BCUT2D eigenvalue weighted by atomic mass is 28.3. The molecule has 1 aliphatic heterocycles. The van der Waals surface area contributed by atoms with E-state index in [4.69, 9.17) is 0 Å². The van der Waals surface area contributed by atoms with Crippen molar-refractivity contribution in [1.82, 2.24) is 0 Å². The Morgan fingerprint density at radius 1 is 0.382 bits per heavy atom. The molecule has 0 atom stereocenters. The fraction of sp³-hybridized carbons (Fsp3) is 0.0980. The van der Waals surface area contributed by atoms with Crippen molar-refractivity contribution in [3.8, 4) is 22.3 Å². The Morgan fingerprint density at radius 3 is 1.38 bits per heavy atom. The Balaban J connectivity index is 1.12. The molecular formula is C51H46N2Si2. The maximum Gasteiger partial charge on any atom is 0.113 e. The molecule has 2 nitrogen and oxygen atoms in total. The molecule has 55 heavy (non-hydrogen) atoms. The maximum absolute atomic E-state index is 2.53. The largest absolute Gasteiger partial charge is 0.311 e. The van der Waals surface area contributed by atoms with Crippen LogP contribution in [0.5, 0.6) is 0 Å². The second-order valence-electron chi connectivity index (χ2n) is 16.3. The van der Waals surface area contributed by atoms with Crippen molar-refractivity contribution in [2.45, 2.75) is 32.7 Å². The highest BCUT2D eigenvalue weighted by molar-refractivity contribution is 7.03. The SMILES string of the molecule is C[Si](C)(C)c1ccc(N(c2ccccc2)c2ccc(-c3ccc4c5c(cccc35)[Si](C)(C)c3cc(N(c5ccccc5)c5ccccc5)ccc3-4)cc2)cc1. The fourth-order valence-electron chi connectivity index (χ4n) is 8.50. The summed E-state index contributed by atoms with van der Waals surface area (Å²) in [7, 11) is -3.51. The van der Waals surface area contributed by atoms with Crippen molar-refractivity contribution >= 4 is 76.6 Å². The molecule has 0 N–H and O–H groups in total. The molecule has 0 aliphatic carbocycles. The van der Waals surface area contributed by atoms with Gasteiger partial charge in [0.05, 0.1) is 8.07 Å². The molecule has 0 radical (unpaired) electrons. The van der Waals surface area contributed by atoms with Gasteiger partial charge in [0.2, 0.25) is 0 Å². The van der Waals surface area contributed by atoms with Gasteiger partial charge < -0.3 is 9.80 Å². The summed E-state index contributed by atoms with van der Waals surface area (Å²) in [4.78, 5) is 4.75. The van der Waals surface area contributed by atoms with Crippen LogP contribution in [-0.4, -0.2) is 16.1 Å². The van der Waals surface area contributed by atoms with Crippen LogP contribution in [0.4, 0.5) is 34.1 Å². The molecule has 8 aromatic carbocycles. The standard InChI is InChI=1S/C51H46N2Si2/c1-54(2,3)44-31-28-42(29-32-44)52(38-16-9-6-10-17-38)41-26-24-37(25-27-41)45-34-35-48-46-33-30-43(36-50(46)55(4,5)49-23-15-22-47(45)51(48)49)53(39-18-11-7-12-19-39)40-20-13-8-14-21-40/h6-36H,1-5H3. The lowest BCUT2D eigenvalue weighted by molar-refractivity contribution is 1.28. The van der Waals surface area contributed by atoms with Gasteiger partial charge >= 0.3 is 0 Å². The van der Waals surface area contributed by atoms with Crippen molar-refractivity contribution in [2.75, 3.05) is 9.80 Å². The van der Waals surface area contributed by atoms with Crippen LogP contribution in [0.25, 0.3) is 33.0 Å². The zero-order valence-electron chi connectivity index (χ0n) is 32.3. The number of benzene rings is 8. The molecule has 0 saturated heterocycles. The molecule has 4 heteroatoms. The van der Waals surface area contributed by atoms with Gasteiger partial charge in [-0.3, -0.25) is 0 Å². The molecule has 1 aliphatic rings. The van der Waals surface area contributed by atoms with Crippen molar-refractivity contribution in [2.24, 2.45) is 0 Å². The van der Waals surface area contributed by atoms with Crippen molar-refractivity contribution in [3.05, 3.63) is 188 Å². The zero-order valence-corrected chi connectivity index (χ0v) is 34.3. The Morgan fingerprint density at radius 2 is 0.836 bits per heavy atom. The van der Waals surface area contributed by atoms with Crippen molar-refractivity contribution in [3.63, 3.8) is 0 Å². The Bertz CT molecular complexity index is 2590. The van der Waals surface area contributed by atoms with E-state index in [0.29, 0.717) is 0 Å². The molecule has 0 saturated carbocycles. The number of anilines is 6. The monoisotopic (exact) mass is 742 g/mol.